The molecule has 2 aliphatic carbocycles. The van der Waals surface area contributed by atoms with Gasteiger partial charge in [-0.05, 0) is 94.1 Å². The molecule has 0 aliphatic heterocycles. The second kappa shape index (κ2) is 14.6. The molecule has 0 heterocycles. The zero-order valence-corrected chi connectivity index (χ0v) is 23.0. The van der Waals surface area contributed by atoms with E-state index < -0.39 is 46.7 Å². The number of carbonyl (C=O) groups excluding carboxylic acids is 1. The van der Waals surface area contributed by atoms with Crippen LogP contribution in [-0.4, -0.2) is 19.2 Å². The molecule has 39 heavy (non-hydrogen) atoms. The van der Waals surface area contributed by atoms with Crippen molar-refractivity contribution in [1.29, 1.82) is 0 Å². The Morgan fingerprint density at radius 3 is 2.05 bits per heavy atom. The van der Waals surface area contributed by atoms with Crippen molar-refractivity contribution in [1.82, 2.24) is 0 Å². The summed E-state index contributed by atoms with van der Waals surface area (Å²) in [4.78, 5) is 12.5. The monoisotopic (exact) mass is 552 g/mol. The number of unbranched alkanes of at least 4 members (excludes halogenated alkanes) is 1. The van der Waals surface area contributed by atoms with Gasteiger partial charge < -0.3 is 14.2 Å². The normalized spacial score (nSPS) is 23.9. The lowest BCUT2D eigenvalue weighted by Gasteiger charge is -2.37. The summed E-state index contributed by atoms with van der Waals surface area (Å²) in [7, 11) is 0. The molecule has 0 spiro atoms. The van der Waals surface area contributed by atoms with Crippen molar-refractivity contribution < 1.29 is 36.6 Å². The Balaban J connectivity index is 1.47. The van der Waals surface area contributed by atoms with Crippen molar-refractivity contribution in [2.45, 2.75) is 84.0 Å². The molecule has 3 rings (SSSR count). The maximum atomic E-state index is 14.8. The zero-order valence-electron chi connectivity index (χ0n) is 23.0. The summed E-state index contributed by atoms with van der Waals surface area (Å²) >= 11 is 0. The molecule has 0 saturated heterocycles. The van der Waals surface area contributed by atoms with E-state index in [0.29, 0.717) is 36.8 Å². The number of benzene rings is 1. The van der Waals surface area contributed by atoms with Gasteiger partial charge in [-0.3, -0.25) is 4.79 Å². The van der Waals surface area contributed by atoms with Crippen LogP contribution in [0.15, 0.2) is 48.5 Å². The van der Waals surface area contributed by atoms with Gasteiger partial charge in [0.1, 0.15) is 0 Å². The zero-order chi connectivity index (χ0) is 28.5. The highest BCUT2D eigenvalue weighted by atomic mass is 19.2. The second-order valence-corrected chi connectivity index (χ2v) is 10.5. The average Bonchev–Trinajstić information content (AvgIpc) is 2.95. The van der Waals surface area contributed by atoms with Crippen LogP contribution in [0.25, 0.3) is 0 Å². The van der Waals surface area contributed by atoms with Crippen LogP contribution in [0.2, 0.25) is 0 Å². The van der Waals surface area contributed by atoms with Crippen molar-refractivity contribution >= 4 is 5.97 Å². The van der Waals surface area contributed by atoms with Crippen LogP contribution in [0.4, 0.5) is 17.6 Å². The predicted molar refractivity (Wildman–Crippen MR) is 142 cm³/mol. The van der Waals surface area contributed by atoms with E-state index >= 15 is 0 Å². The molecule has 0 amide bonds. The maximum absolute atomic E-state index is 14.8. The van der Waals surface area contributed by atoms with Crippen LogP contribution in [0.5, 0.6) is 5.75 Å². The summed E-state index contributed by atoms with van der Waals surface area (Å²) in [6.07, 6.45) is 7.91. The smallest absolute Gasteiger partial charge is 0.314 e. The van der Waals surface area contributed by atoms with Gasteiger partial charge in [0, 0.05) is 0 Å². The molecule has 216 valence electrons. The molecule has 0 atom stereocenters. The van der Waals surface area contributed by atoms with E-state index in [4.69, 9.17) is 14.2 Å². The summed E-state index contributed by atoms with van der Waals surface area (Å²) in [5, 5.41) is 0. The van der Waals surface area contributed by atoms with E-state index in [1.165, 1.54) is 6.07 Å². The molecular formula is C31H40F4O4. The minimum absolute atomic E-state index is 0.0278. The third-order valence-electron chi connectivity index (χ3n) is 8.04. The van der Waals surface area contributed by atoms with Crippen LogP contribution < -0.4 is 4.74 Å². The maximum Gasteiger partial charge on any atom is 0.314 e. The molecule has 2 fully saturated rings. The quantitative estimate of drug-likeness (QED) is 0.0853. The van der Waals surface area contributed by atoms with Gasteiger partial charge in [-0.25, -0.2) is 4.39 Å². The first kappa shape index (κ1) is 30.8. The van der Waals surface area contributed by atoms with Crippen molar-refractivity contribution in [3.63, 3.8) is 0 Å². The van der Waals surface area contributed by atoms with Gasteiger partial charge in [-0.1, -0.05) is 32.6 Å². The number of esters is 1. The van der Waals surface area contributed by atoms with Crippen molar-refractivity contribution in [2.75, 3.05) is 13.2 Å². The van der Waals surface area contributed by atoms with E-state index in [1.807, 2.05) is 6.92 Å². The van der Waals surface area contributed by atoms with Crippen LogP contribution in [0.1, 0.15) is 89.5 Å². The molecule has 0 aromatic heterocycles. The summed E-state index contributed by atoms with van der Waals surface area (Å²) in [6.45, 7) is 10.7. The molecule has 0 radical (unpaired) electrons. The minimum Gasteiger partial charge on any atom is -0.491 e. The van der Waals surface area contributed by atoms with Crippen molar-refractivity contribution in [3.05, 3.63) is 65.7 Å². The van der Waals surface area contributed by atoms with Gasteiger partial charge in [-0.2, -0.15) is 13.2 Å². The Labute approximate surface area is 229 Å². The summed E-state index contributed by atoms with van der Waals surface area (Å²) < 4.78 is 72.8. The predicted octanol–water partition coefficient (Wildman–Crippen LogP) is 8.98. The van der Waals surface area contributed by atoms with E-state index in [1.54, 1.807) is 13.0 Å². The van der Waals surface area contributed by atoms with Gasteiger partial charge in [0.2, 0.25) is 17.5 Å². The van der Waals surface area contributed by atoms with Gasteiger partial charge >= 0.3 is 5.97 Å². The fourth-order valence-electron chi connectivity index (χ4n) is 5.76. The molecule has 1 aromatic rings. The number of hydrogen-bond donors (Lipinski definition) is 0. The summed E-state index contributed by atoms with van der Waals surface area (Å²) in [5.74, 6) is -5.83. The first-order chi connectivity index (χ1) is 18.7. The number of carbonyl (C=O) groups is 1. The standard InChI is InChI=1S/C31H40F4O4/c1-5-7-18-38-26-17-16-25(29(34)30(26)35)23-12-8-21(9-13-23)22-10-14-24(15-11-22)31(36)39-20(4)28(33)27(32)19(3)37-6-2/h16-17,21-24H,3-15,18H2,1-2H3/b28-27-. The lowest BCUT2D eigenvalue weighted by atomic mass is 9.68. The Hall–Kier alpha value is -2.77. The molecule has 1 aromatic carbocycles. The lowest BCUT2D eigenvalue weighted by molar-refractivity contribution is -0.145. The number of halogens is 4. The van der Waals surface area contributed by atoms with Crippen LogP contribution >= 0.6 is 0 Å². The Morgan fingerprint density at radius 2 is 1.46 bits per heavy atom. The fourth-order valence-corrected chi connectivity index (χ4v) is 5.76. The number of rotatable bonds is 12. The average molecular weight is 553 g/mol. The first-order valence-electron chi connectivity index (χ1n) is 14.1. The van der Waals surface area contributed by atoms with Gasteiger partial charge in [-0.15, -0.1) is 0 Å². The molecule has 4 nitrogen and oxygen atoms in total. The van der Waals surface area contributed by atoms with Crippen LogP contribution in [0, 0.1) is 29.4 Å². The molecular weight excluding hydrogens is 512 g/mol. The third kappa shape index (κ3) is 7.89. The Kier molecular flexibility index (Phi) is 11.5. The van der Waals surface area contributed by atoms with Crippen LogP contribution in [0.3, 0.4) is 0 Å². The van der Waals surface area contributed by atoms with E-state index in [2.05, 4.69) is 13.2 Å². The van der Waals surface area contributed by atoms with Crippen molar-refractivity contribution in [3.8, 4) is 5.75 Å². The highest BCUT2D eigenvalue weighted by Gasteiger charge is 2.35. The molecule has 0 N–H and O–H groups in total. The molecule has 2 aliphatic rings. The third-order valence-corrected chi connectivity index (χ3v) is 8.04. The van der Waals surface area contributed by atoms with Gasteiger partial charge in [0.05, 0.1) is 19.1 Å². The Morgan fingerprint density at radius 1 is 0.872 bits per heavy atom. The molecule has 2 saturated carbocycles. The molecule has 0 unspecified atom stereocenters. The summed E-state index contributed by atoms with van der Waals surface area (Å²) in [6, 6.07) is 3.20. The number of allylic oxidation sites excluding steroid dienone is 2. The highest BCUT2D eigenvalue weighted by molar-refractivity contribution is 5.74. The molecule has 0 bridgehead atoms. The topological polar surface area (TPSA) is 44.8 Å². The fraction of sp³-hybridized carbons (Fsp3) is 0.581. The minimum atomic E-state index is -1.40. The number of hydrogen-bond acceptors (Lipinski definition) is 4. The first-order valence-corrected chi connectivity index (χ1v) is 14.1. The largest absolute Gasteiger partial charge is 0.491 e. The van der Waals surface area contributed by atoms with E-state index in [-0.39, 0.29) is 18.3 Å². The van der Waals surface area contributed by atoms with Crippen LogP contribution in [-0.2, 0) is 14.3 Å². The lowest BCUT2D eigenvalue weighted by Crippen LogP contribution is -2.29. The van der Waals surface area contributed by atoms with E-state index in [0.717, 1.165) is 51.4 Å². The second-order valence-electron chi connectivity index (χ2n) is 10.5. The molecule has 8 heteroatoms. The van der Waals surface area contributed by atoms with Crippen molar-refractivity contribution in [2.24, 2.45) is 17.8 Å². The van der Waals surface area contributed by atoms with Gasteiger partial charge in [0.25, 0.3) is 0 Å². The SMILES string of the molecule is C=C(OCC)/C(F)=C(/F)C(=C)OC(=O)C1CCC(C2CCC(c3ccc(OCCCC)c(F)c3F)CC2)CC1. The van der Waals surface area contributed by atoms with E-state index in [9.17, 15) is 22.4 Å². The van der Waals surface area contributed by atoms with Gasteiger partial charge in [0.15, 0.2) is 23.1 Å². The Bertz CT molecular complexity index is 1050. The highest BCUT2D eigenvalue weighted by Crippen LogP contribution is 2.45. The number of ether oxygens (including phenoxy) is 3. The summed E-state index contributed by atoms with van der Waals surface area (Å²) in [5.41, 5.74) is 0.419.